The fourth-order valence-corrected chi connectivity index (χ4v) is 10.2. The Morgan fingerprint density at radius 2 is 0.652 bits per heavy atom. The van der Waals surface area contributed by atoms with Crippen molar-refractivity contribution in [3.05, 3.63) is 196 Å². The number of nitrogens with zero attached hydrogens (tertiary/aromatic N) is 3. The van der Waals surface area contributed by atoms with Crippen molar-refractivity contribution in [2.24, 2.45) is 0 Å². The minimum atomic E-state index is -0.0109. The SMILES string of the molecule is CC(C)(C)c1ccc(N(c2ccc(C(C)(C)C)cc2)c2cccc(N(c3ccc(C(C)(C)C)cc3)c3cccc(N(c4ccc(C(C)(C)C)cc4)c4csc5ccc(C(C)(C)C)cc45)c3Cl)c2)cc1. The van der Waals surface area contributed by atoms with Crippen molar-refractivity contribution in [3.8, 4) is 0 Å². The van der Waals surface area contributed by atoms with Gasteiger partial charge in [0.2, 0.25) is 0 Å². The molecule has 0 aliphatic rings. The van der Waals surface area contributed by atoms with Crippen molar-refractivity contribution in [2.45, 2.75) is 131 Å². The summed E-state index contributed by atoms with van der Waals surface area (Å²) in [5, 5.41) is 4.16. The van der Waals surface area contributed by atoms with E-state index in [1.807, 2.05) is 0 Å². The molecule has 3 nitrogen and oxygen atoms in total. The molecule has 0 bridgehead atoms. The second kappa shape index (κ2) is 18.5. The first-order valence-corrected chi connectivity index (χ1v) is 25.8. The molecule has 1 aromatic heterocycles. The van der Waals surface area contributed by atoms with Crippen LogP contribution in [0.1, 0.15) is 132 Å². The molecule has 0 saturated heterocycles. The van der Waals surface area contributed by atoms with Gasteiger partial charge in [-0.1, -0.05) is 182 Å². The zero-order valence-electron chi connectivity index (χ0n) is 43.7. The van der Waals surface area contributed by atoms with Crippen LogP contribution in [0.5, 0.6) is 0 Å². The van der Waals surface area contributed by atoms with Crippen LogP contribution in [-0.4, -0.2) is 0 Å². The largest absolute Gasteiger partial charge is 0.310 e. The van der Waals surface area contributed by atoms with E-state index in [-0.39, 0.29) is 27.1 Å². The summed E-state index contributed by atoms with van der Waals surface area (Å²) in [7, 11) is 0. The molecule has 0 fully saturated rings. The third kappa shape index (κ3) is 10.5. The van der Waals surface area contributed by atoms with Gasteiger partial charge in [-0.3, -0.25) is 0 Å². The molecular weight excluding hydrogens is 878 g/mol. The number of benzene rings is 7. The number of hydrogen-bond donors (Lipinski definition) is 0. The van der Waals surface area contributed by atoms with Crippen molar-refractivity contribution < 1.29 is 0 Å². The zero-order valence-corrected chi connectivity index (χ0v) is 45.3. The highest BCUT2D eigenvalue weighted by Crippen LogP contribution is 2.50. The molecule has 5 heteroatoms. The van der Waals surface area contributed by atoms with E-state index in [0.717, 1.165) is 51.2 Å². The van der Waals surface area contributed by atoms with Crippen LogP contribution in [0, 0.1) is 0 Å². The molecule has 8 rings (SSSR count). The summed E-state index contributed by atoms with van der Waals surface area (Å²) in [6.45, 7) is 34.1. The van der Waals surface area contributed by atoms with E-state index in [0.29, 0.717) is 5.02 Å². The van der Waals surface area contributed by atoms with Crippen molar-refractivity contribution in [1.29, 1.82) is 0 Å². The fraction of sp³-hybridized carbons (Fsp3) is 0.312. The number of halogens is 1. The minimum Gasteiger partial charge on any atom is -0.310 e. The molecule has 0 unspecified atom stereocenters. The molecule has 0 radical (unpaired) electrons. The lowest BCUT2D eigenvalue weighted by molar-refractivity contribution is 0.590. The Morgan fingerprint density at radius 3 is 1.06 bits per heavy atom. The average Bonchev–Trinajstić information content (AvgIpc) is 3.70. The molecule has 0 spiro atoms. The Morgan fingerprint density at radius 1 is 0.319 bits per heavy atom. The van der Waals surface area contributed by atoms with Gasteiger partial charge in [-0.05, 0) is 146 Å². The first-order chi connectivity index (χ1) is 32.3. The molecule has 0 amide bonds. The molecule has 356 valence electrons. The van der Waals surface area contributed by atoms with Crippen LogP contribution in [0.15, 0.2) is 163 Å². The van der Waals surface area contributed by atoms with E-state index < -0.39 is 0 Å². The fourth-order valence-electron chi connectivity index (χ4n) is 9.00. The highest BCUT2D eigenvalue weighted by Gasteiger charge is 2.27. The van der Waals surface area contributed by atoms with Gasteiger partial charge in [-0.2, -0.15) is 0 Å². The van der Waals surface area contributed by atoms with Gasteiger partial charge >= 0.3 is 0 Å². The summed E-state index contributed by atoms with van der Waals surface area (Å²) >= 11 is 9.81. The Hall–Kier alpha value is -5.81. The van der Waals surface area contributed by atoms with Crippen LogP contribution < -0.4 is 14.7 Å². The molecule has 8 aromatic rings. The summed E-state index contributed by atoms with van der Waals surface area (Å²) < 4.78 is 1.24. The smallest absolute Gasteiger partial charge is 0.0887 e. The number of anilines is 9. The van der Waals surface area contributed by atoms with Crippen LogP contribution in [0.25, 0.3) is 10.1 Å². The van der Waals surface area contributed by atoms with E-state index >= 15 is 0 Å². The van der Waals surface area contributed by atoms with E-state index in [1.54, 1.807) is 11.3 Å². The van der Waals surface area contributed by atoms with Gasteiger partial charge in [0.1, 0.15) is 0 Å². The number of thiophene rings is 1. The molecule has 0 saturated carbocycles. The Kier molecular flexibility index (Phi) is 13.3. The Balaban J connectivity index is 1.34. The third-order valence-electron chi connectivity index (χ3n) is 13.4. The number of fused-ring (bicyclic) bond motifs is 1. The van der Waals surface area contributed by atoms with Gasteiger partial charge in [-0.15, -0.1) is 11.3 Å². The predicted octanol–water partition coefficient (Wildman–Crippen LogP) is 20.5. The maximum absolute atomic E-state index is 8.03. The molecular formula is C64H72ClN3S. The van der Waals surface area contributed by atoms with Crippen LogP contribution >= 0.6 is 22.9 Å². The third-order valence-corrected chi connectivity index (χ3v) is 14.8. The predicted molar refractivity (Wildman–Crippen MR) is 304 cm³/mol. The summed E-state index contributed by atoms with van der Waals surface area (Å²) in [4.78, 5) is 7.07. The lowest BCUT2D eigenvalue weighted by Gasteiger charge is -2.32. The van der Waals surface area contributed by atoms with Gasteiger partial charge in [0.05, 0.1) is 22.1 Å². The van der Waals surface area contributed by atoms with Gasteiger partial charge in [0.25, 0.3) is 0 Å². The zero-order chi connectivity index (χ0) is 49.8. The van der Waals surface area contributed by atoms with Crippen LogP contribution in [0.3, 0.4) is 0 Å². The Bertz CT molecular complexity index is 3000. The van der Waals surface area contributed by atoms with E-state index in [4.69, 9.17) is 11.6 Å². The quantitative estimate of drug-likeness (QED) is 0.143. The first-order valence-electron chi connectivity index (χ1n) is 24.5. The van der Waals surface area contributed by atoms with Gasteiger partial charge < -0.3 is 14.7 Å². The van der Waals surface area contributed by atoms with E-state index in [9.17, 15) is 0 Å². The monoisotopic (exact) mass is 950 g/mol. The summed E-state index contributed by atoms with van der Waals surface area (Å²) in [5.74, 6) is 0. The van der Waals surface area contributed by atoms with Crippen LogP contribution in [0.4, 0.5) is 51.2 Å². The highest BCUT2D eigenvalue weighted by molar-refractivity contribution is 7.17. The lowest BCUT2D eigenvalue weighted by Crippen LogP contribution is -2.17. The maximum atomic E-state index is 8.03. The molecule has 0 aliphatic carbocycles. The topological polar surface area (TPSA) is 9.72 Å². The van der Waals surface area contributed by atoms with E-state index in [1.165, 1.54) is 37.9 Å². The van der Waals surface area contributed by atoms with E-state index in [2.05, 4.69) is 282 Å². The second-order valence-electron chi connectivity index (χ2n) is 23.9. The molecule has 0 N–H and O–H groups in total. The Labute approximate surface area is 423 Å². The average molecular weight is 951 g/mol. The summed E-state index contributed by atoms with van der Waals surface area (Å²) in [6, 6.07) is 58.5. The normalized spacial score (nSPS) is 12.6. The van der Waals surface area contributed by atoms with Gasteiger partial charge in [0, 0.05) is 49.6 Å². The van der Waals surface area contributed by atoms with Crippen molar-refractivity contribution in [2.75, 3.05) is 14.7 Å². The summed E-state index contributed by atoms with van der Waals surface area (Å²) in [5.41, 5.74) is 15.7. The van der Waals surface area contributed by atoms with Gasteiger partial charge in [0.15, 0.2) is 0 Å². The standard InChI is InChI=1S/C64H72ClN3S/c1-60(2,3)43-22-31-48(32-23-43)66(49-33-24-44(25-34-49)61(4,5)6)52-18-16-19-53(41-52)67(50-35-26-45(27-36-50)62(7,8)9)55-20-17-21-56(59(55)65)68(51-37-28-46(29-38-51)63(10,11)12)57-42-69-58-39-30-47(40-54(57)58)64(13,14)15/h16-42H,1-15H3. The minimum absolute atomic E-state index is 0.00831. The van der Waals surface area contributed by atoms with Crippen LogP contribution in [0.2, 0.25) is 5.02 Å². The molecule has 0 atom stereocenters. The maximum Gasteiger partial charge on any atom is 0.0887 e. The molecule has 1 heterocycles. The van der Waals surface area contributed by atoms with Crippen LogP contribution in [-0.2, 0) is 27.1 Å². The lowest BCUT2D eigenvalue weighted by atomic mass is 9.86. The number of rotatable bonds is 9. The van der Waals surface area contributed by atoms with Crippen molar-refractivity contribution in [1.82, 2.24) is 0 Å². The summed E-state index contributed by atoms with van der Waals surface area (Å²) in [6.07, 6.45) is 0. The van der Waals surface area contributed by atoms with Crippen molar-refractivity contribution >= 4 is 84.2 Å². The first kappa shape index (κ1) is 49.6. The van der Waals surface area contributed by atoms with Crippen molar-refractivity contribution in [3.63, 3.8) is 0 Å². The van der Waals surface area contributed by atoms with Gasteiger partial charge in [-0.25, -0.2) is 0 Å². The molecule has 0 aliphatic heterocycles. The molecule has 69 heavy (non-hydrogen) atoms. The number of hydrogen-bond acceptors (Lipinski definition) is 4. The second-order valence-corrected chi connectivity index (χ2v) is 25.2. The molecule has 7 aromatic carbocycles. The highest BCUT2D eigenvalue weighted by atomic mass is 35.5.